The van der Waals surface area contributed by atoms with Gasteiger partial charge in [-0.3, -0.25) is 0 Å². The molecule has 0 radical (unpaired) electrons. The summed E-state index contributed by atoms with van der Waals surface area (Å²) in [4.78, 5) is 16.2. The van der Waals surface area contributed by atoms with Gasteiger partial charge in [-0.2, -0.15) is 0 Å². The Morgan fingerprint density at radius 1 is 1.36 bits per heavy atom. The van der Waals surface area contributed by atoms with Crippen molar-refractivity contribution in [3.63, 3.8) is 0 Å². The molecule has 0 spiro atoms. The Morgan fingerprint density at radius 3 is 2.80 bits per heavy atom. The van der Waals surface area contributed by atoms with E-state index in [1.54, 1.807) is 0 Å². The normalized spacial score (nSPS) is 11.4. The van der Waals surface area contributed by atoms with E-state index in [4.69, 9.17) is 9.26 Å². The first-order chi connectivity index (χ1) is 11.9. The summed E-state index contributed by atoms with van der Waals surface area (Å²) in [6, 6.07) is 0.0261. The number of amides is 1. The molecule has 0 aliphatic rings. The van der Waals surface area contributed by atoms with E-state index < -0.39 is 6.09 Å². The molecule has 0 bridgehead atoms. The van der Waals surface area contributed by atoms with Crippen LogP contribution >= 0.6 is 11.3 Å². The molecule has 1 amide bonds. The number of hydrogen-bond donors (Lipinski definition) is 1. The highest BCUT2D eigenvalue weighted by Crippen LogP contribution is 2.28. The number of carbonyl (C=O) groups excluding carboxylic acids is 1. The molecule has 0 aliphatic heterocycles. The number of hydrogen-bond acceptors (Lipinski definition) is 6. The maximum atomic E-state index is 11.7. The standard InChI is InChI=1S/C18H25N3O3S/c1-6-7-8-15-14(13(5)24-21-15)9-10-16-20-12(4)17(25-16)23-18(22)19-11(2)3/h9-11H,6-8H2,1-5H3,(H,19,22)/b10-9+. The van der Waals surface area contributed by atoms with Crippen LogP contribution in [0.25, 0.3) is 12.2 Å². The predicted molar refractivity (Wildman–Crippen MR) is 99.9 cm³/mol. The number of aromatic nitrogens is 2. The quantitative estimate of drug-likeness (QED) is 0.767. The number of nitrogens with one attached hydrogen (secondary N) is 1. The highest BCUT2D eigenvalue weighted by Gasteiger charge is 2.13. The maximum Gasteiger partial charge on any atom is 0.413 e. The highest BCUT2D eigenvalue weighted by atomic mass is 32.1. The third-order valence-corrected chi connectivity index (χ3v) is 4.51. The lowest BCUT2D eigenvalue weighted by Crippen LogP contribution is -2.32. The monoisotopic (exact) mass is 363 g/mol. The van der Waals surface area contributed by atoms with E-state index in [0.29, 0.717) is 10.8 Å². The van der Waals surface area contributed by atoms with Gasteiger partial charge in [-0.15, -0.1) is 0 Å². The second-order valence-electron chi connectivity index (χ2n) is 6.15. The summed E-state index contributed by atoms with van der Waals surface area (Å²) >= 11 is 1.33. The molecule has 7 heteroatoms. The third kappa shape index (κ3) is 5.42. The van der Waals surface area contributed by atoms with Crippen molar-refractivity contribution in [3.8, 4) is 5.06 Å². The van der Waals surface area contributed by atoms with E-state index >= 15 is 0 Å². The number of aryl methyl sites for hydroxylation is 3. The minimum Gasteiger partial charge on any atom is -0.397 e. The Balaban J connectivity index is 2.11. The van der Waals surface area contributed by atoms with E-state index in [-0.39, 0.29) is 6.04 Å². The number of ether oxygens (including phenoxy) is 1. The van der Waals surface area contributed by atoms with Crippen LogP contribution in [-0.2, 0) is 6.42 Å². The molecule has 0 unspecified atom stereocenters. The molecule has 0 fully saturated rings. The zero-order valence-electron chi connectivity index (χ0n) is 15.4. The van der Waals surface area contributed by atoms with Crippen LogP contribution in [0.4, 0.5) is 4.79 Å². The van der Waals surface area contributed by atoms with E-state index in [9.17, 15) is 4.79 Å². The summed E-state index contributed by atoms with van der Waals surface area (Å²) in [6.07, 6.45) is 6.49. The maximum absolute atomic E-state index is 11.7. The van der Waals surface area contributed by atoms with Gasteiger partial charge in [0.2, 0.25) is 5.06 Å². The molecule has 25 heavy (non-hydrogen) atoms. The number of nitrogens with zero attached hydrogens (tertiary/aromatic N) is 2. The predicted octanol–water partition coefficient (Wildman–Crippen LogP) is 4.76. The van der Waals surface area contributed by atoms with E-state index in [2.05, 4.69) is 22.4 Å². The van der Waals surface area contributed by atoms with Crippen molar-refractivity contribution in [2.75, 3.05) is 0 Å². The van der Waals surface area contributed by atoms with Gasteiger partial charge in [0.25, 0.3) is 0 Å². The van der Waals surface area contributed by atoms with Crippen molar-refractivity contribution >= 4 is 29.6 Å². The van der Waals surface area contributed by atoms with Crippen LogP contribution in [-0.4, -0.2) is 22.3 Å². The molecular formula is C18H25N3O3S. The summed E-state index contributed by atoms with van der Waals surface area (Å²) in [6.45, 7) is 9.64. The molecular weight excluding hydrogens is 338 g/mol. The fourth-order valence-electron chi connectivity index (χ4n) is 2.24. The molecule has 2 heterocycles. The molecule has 0 atom stereocenters. The second-order valence-corrected chi connectivity index (χ2v) is 7.14. The Hall–Kier alpha value is -2.15. The van der Waals surface area contributed by atoms with Gasteiger partial charge in [0, 0.05) is 11.6 Å². The smallest absolute Gasteiger partial charge is 0.397 e. The van der Waals surface area contributed by atoms with Gasteiger partial charge in [-0.25, -0.2) is 9.78 Å². The average molecular weight is 363 g/mol. The van der Waals surface area contributed by atoms with Gasteiger partial charge in [0.1, 0.15) is 10.8 Å². The van der Waals surface area contributed by atoms with E-state index in [0.717, 1.165) is 41.3 Å². The summed E-state index contributed by atoms with van der Waals surface area (Å²) in [5, 5.41) is 8.11. The lowest BCUT2D eigenvalue weighted by atomic mass is 10.1. The summed E-state index contributed by atoms with van der Waals surface area (Å²) in [5.74, 6) is 0.795. The summed E-state index contributed by atoms with van der Waals surface area (Å²) in [5.41, 5.74) is 2.66. The Morgan fingerprint density at radius 2 is 2.12 bits per heavy atom. The molecule has 2 rings (SSSR count). The van der Waals surface area contributed by atoms with Gasteiger partial charge < -0.3 is 14.6 Å². The molecule has 2 aromatic rings. The first-order valence-corrected chi connectivity index (χ1v) is 9.31. The van der Waals surface area contributed by atoms with Gasteiger partial charge >= 0.3 is 6.09 Å². The van der Waals surface area contributed by atoms with Crippen LogP contribution < -0.4 is 10.1 Å². The highest BCUT2D eigenvalue weighted by molar-refractivity contribution is 7.14. The Kier molecular flexibility index (Phi) is 6.75. The number of thiazole rings is 1. The van der Waals surface area contributed by atoms with Crippen LogP contribution in [0.5, 0.6) is 5.06 Å². The van der Waals surface area contributed by atoms with Crippen LogP contribution in [0.2, 0.25) is 0 Å². The minimum absolute atomic E-state index is 0.0261. The number of unbranched alkanes of at least 4 members (excludes halogenated alkanes) is 1. The summed E-state index contributed by atoms with van der Waals surface area (Å²) < 4.78 is 10.6. The Labute approximate surface area is 152 Å². The van der Waals surface area contributed by atoms with E-state index in [1.165, 1.54) is 11.3 Å². The van der Waals surface area contributed by atoms with Crippen molar-refractivity contribution < 1.29 is 14.1 Å². The fourth-order valence-corrected chi connectivity index (χ4v) is 3.06. The molecule has 2 aromatic heterocycles. The average Bonchev–Trinajstić information content (AvgIpc) is 3.05. The number of carbonyl (C=O) groups is 1. The van der Waals surface area contributed by atoms with Crippen LogP contribution in [0.3, 0.4) is 0 Å². The first kappa shape index (κ1) is 19.2. The molecule has 0 aliphatic carbocycles. The fraction of sp³-hybridized carbons (Fsp3) is 0.500. The van der Waals surface area contributed by atoms with Gasteiger partial charge in [0.15, 0.2) is 0 Å². The molecule has 0 aromatic carbocycles. The van der Waals surface area contributed by atoms with Crippen molar-refractivity contribution in [3.05, 3.63) is 27.7 Å². The minimum atomic E-state index is -0.464. The molecule has 1 N–H and O–H groups in total. The lowest BCUT2D eigenvalue weighted by molar-refractivity contribution is 0.199. The number of rotatable bonds is 7. The van der Waals surface area contributed by atoms with Gasteiger partial charge in [0.05, 0.1) is 11.4 Å². The topological polar surface area (TPSA) is 77.2 Å². The van der Waals surface area contributed by atoms with Crippen molar-refractivity contribution in [1.82, 2.24) is 15.5 Å². The van der Waals surface area contributed by atoms with Gasteiger partial charge in [-0.05, 0) is 52.7 Å². The van der Waals surface area contributed by atoms with Crippen molar-refractivity contribution in [2.24, 2.45) is 0 Å². The molecule has 0 saturated heterocycles. The van der Waals surface area contributed by atoms with Crippen LogP contribution in [0.15, 0.2) is 4.52 Å². The zero-order chi connectivity index (χ0) is 18.4. The molecule has 6 nitrogen and oxygen atoms in total. The van der Waals surface area contributed by atoms with Crippen LogP contribution in [0, 0.1) is 13.8 Å². The SMILES string of the molecule is CCCCc1noc(C)c1/C=C/c1nc(C)c(OC(=O)NC(C)C)s1. The molecule has 136 valence electrons. The first-order valence-electron chi connectivity index (χ1n) is 8.49. The Bertz CT molecular complexity index is 747. The lowest BCUT2D eigenvalue weighted by Gasteiger charge is -2.07. The largest absolute Gasteiger partial charge is 0.413 e. The van der Waals surface area contributed by atoms with Gasteiger partial charge in [-0.1, -0.05) is 29.8 Å². The molecule has 0 saturated carbocycles. The third-order valence-electron chi connectivity index (χ3n) is 3.51. The van der Waals surface area contributed by atoms with Crippen molar-refractivity contribution in [1.29, 1.82) is 0 Å². The zero-order valence-corrected chi connectivity index (χ0v) is 16.2. The van der Waals surface area contributed by atoms with E-state index in [1.807, 2.05) is 39.8 Å². The van der Waals surface area contributed by atoms with Crippen molar-refractivity contribution in [2.45, 2.75) is 59.9 Å². The van der Waals surface area contributed by atoms with Crippen LogP contribution in [0.1, 0.15) is 61.3 Å². The summed E-state index contributed by atoms with van der Waals surface area (Å²) in [7, 11) is 0. The second kappa shape index (κ2) is 8.80.